The molecule has 0 saturated carbocycles. The summed E-state index contributed by atoms with van der Waals surface area (Å²) in [4.78, 5) is 30.0. The van der Waals surface area contributed by atoms with Gasteiger partial charge in [-0.15, -0.1) is 0 Å². The fraction of sp³-hybridized carbons (Fsp3) is 0.607. The zero-order chi connectivity index (χ0) is 24.4. The van der Waals surface area contributed by atoms with Gasteiger partial charge in [-0.3, -0.25) is 4.79 Å². The second-order valence-corrected chi connectivity index (χ2v) is 10.6. The highest BCUT2D eigenvalue weighted by molar-refractivity contribution is 5.84. The first-order valence-corrected chi connectivity index (χ1v) is 13.4. The molecular weight excluding hydrogens is 436 g/mol. The Labute approximate surface area is 209 Å². The molecule has 5 rings (SSSR count). The molecule has 1 aromatic heterocycles. The molecule has 7 nitrogen and oxygen atoms in total. The van der Waals surface area contributed by atoms with Gasteiger partial charge < -0.3 is 20.0 Å². The normalized spacial score (nSPS) is 22.3. The lowest BCUT2D eigenvalue weighted by Gasteiger charge is -2.39. The van der Waals surface area contributed by atoms with Gasteiger partial charge in [0.2, 0.25) is 5.91 Å². The maximum Gasteiger partial charge on any atom is 0.231 e. The molecule has 0 spiro atoms. The third-order valence-electron chi connectivity index (χ3n) is 8.36. The van der Waals surface area contributed by atoms with Crippen LogP contribution in [0.3, 0.4) is 0 Å². The van der Waals surface area contributed by atoms with E-state index in [4.69, 9.17) is 0 Å². The van der Waals surface area contributed by atoms with Crippen LogP contribution in [0.25, 0.3) is 0 Å². The van der Waals surface area contributed by atoms with Crippen molar-refractivity contribution in [3.05, 3.63) is 53.0 Å². The molecule has 35 heavy (non-hydrogen) atoms. The number of aryl methyl sites for hydroxylation is 2. The maximum absolute atomic E-state index is 13.9. The maximum atomic E-state index is 13.9. The van der Waals surface area contributed by atoms with E-state index in [2.05, 4.69) is 75.1 Å². The number of hydrogen-bond donors (Lipinski definition) is 1. The number of nitrogens with zero attached hydrogens (tertiary/aromatic N) is 5. The van der Waals surface area contributed by atoms with E-state index >= 15 is 0 Å². The third-order valence-corrected chi connectivity index (χ3v) is 8.36. The predicted molar refractivity (Wildman–Crippen MR) is 140 cm³/mol. The minimum atomic E-state index is -0.114. The number of rotatable bonds is 6. The second-order valence-electron chi connectivity index (χ2n) is 10.6. The monoisotopic (exact) mass is 476 g/mol. The van der Waals surface area contributed by atoms with Crippen LogP contribution in [0.2, 0.25) is 0 Å². The van der Waals surface area contributed by atoms with Crippen molar-refractivity contribution in [2.45, 2.75) is 57.4 Å². The predicted octanol–water partition coefficient (Wildman–Crippen LogP) is 2.95. The minimum Gasteiger partial charge on any atom is -0.353 e. The van der Waals surface area contributed by atoms with Crippen LogP contribution in [0.4, 0.5) is 5.82 Å². The topological polar surface area (TPSA) is 64.6 Å². The Morgan fingerprint density at radius 1 is 1.03 bits per heavy atom. The van der Waals surface area contributed by atoms with Crippen LogP contribution in [0.5, 0.6) is 0 Å². The van der Waals surface area contributed by atoms with E-state index in [0.717, 1.165) is 82.9 Å². The van der Waals surface area contributed by atoms with Gasteiger partial charge in [-0.25, -0.2) is 9.97 Å². The molecule has 2 aliphatic heterocycles. The molecule has 0 radical (unpaired) electrons. The average Bonchev–Trinajstić information content (AvgIpc) is 3.29. The summed E-state index contributed by atoms with van der Waals surface area (Å²) in [7, 11) is 2.05. The molecule has 3 aliphatic rings. The summed E-state index contributed by atoms with van der Waals surface area (Å²) in [5, 5.41) is 3.41. The largest absolute Gasteiger partial charge is 0.353 e. The van der Waals surface area contributed by atoms with Crippen molar-refractivity contribution in [1.82, 2.24) is 25.1 Å². The molecule has 2 aromatic rings. The van der Waals surface area contributed by atoms with Crippen LogP contribution < -0.4 is 10.2 Å². The number of carbonyl (C=O) groups is 1. The van der Waals surface area contributed by atoms with Crippen molar-refractivity contribution in [3.8, 4) is 0 Å². The smallest absolute Gasteiger partial charge is 0.231 e. The van der Waals surface area contributed by atoms with Crippen molar-refractivity contribution in [3.63, 3.8) is 0 Å². The molecule has 1 amide bonds. The van der Waals surface area contributed by atoms with E-state index in [1.54, 1.807) is 6.33 Å². The Balaban J connectivity index is 1.28. The van der Waals surface area contributed by atoms with Crippen molar-refractivity contribution >= 4 is 11.7 Å². The second kappa shape index (κ2) is 10.6. The fourth-order valence-corrected chi connectivity index (χ4v) is 6.02. The Bertz CT molecular complexity index is 1010. The summed E-state index contributed by atoms with van der Waals surface area (Å²) in [6.45, 7) is 10.4. The molecule has 3 heterocycles. The van der Waals surface area contributed by atoms with Gasteiger partial charge in [0.05, 0.1) is 5.92 Å². The Morgan fingerprint density at radius 2 is 1.74 bits per heavy atom. The quantitative estimate of drug-likeness (QED) is 0.692. The Kier molecular flexibility index (Phi) is 7.35. The van der Waals surface area contributed by atoms with Gasteiger partial charge in [-0.05, 0) is 64.2 Å². The van der Waals surface area contributed by atoms with Gasteiger partial charge >= 0.3 is 0 Å². The van der Waals surface area contributed by atoms with Crippen LogP contribution in [0.1, 0.15) is 60.4 Å². The van der Waals surface area contributed by atoms with Gasteiger partial charge in [0.15, 0.2) is 0 Å². The first kappa shape index (κ1) is 24.2. The number of hydrogen-bond acceptors (Lipinski definition) is 6. The lowest BCUT2D eigenvalue weighted by Crippen LogP contribution is -2.52. The third kappa shape index (κ3) is 5.21. The molecular formula is C28H40N6O. The van der Waals surface area contributed by atoms with E-state index in [-0.39, 0.29) is 11.8 Å². The van der Waals surface area contributed by atoms with Crippen LogP contribution in [-0.2, 0) is 11.2 Å². The van der Waals surface area contributed by atoms with Gasteiger partial charge in [-0.2, -0.15) is 0 Å². The van der Waals surface area contributed by atoms with Gasteiger partial charge in [-0.1, -0.05) is 36.8 Å². The molecule has 0 bridgehead atoms. The molecule has 2 atom stereocenters. The minimum absolute atomic E-state index is 0.114. The molecule has 1 aromatic carbocycles. The van der Waals surface area contributed by atoms with Gasteiger partial charge in [0.25, 0.3) is 0 Å². The van der Waals surface area contributed by atoms with Crippen LogP contribution in [-0.4, -0.2) is 84.6 Å². The van der Waals surface area contributed by atoms with Gasteiger partial charge in [0, 0.05) is 50.0 Å². The molecule has 2 saturated heterocycles. The highest BCUT2D eigenvalue weighted by atomic mass is 16.2. The molecule has 1 aliphatic carbocycles. The van der Waals surface area contributed by atoms with Crippen molar-refractivity contribution < 1.29 is 4.79 Å². The van der Waals surface area contributed by atoms with E-state index < -0.39 is 0 Å². The summed E-state index contributed by atoms with van der Waals surface area (Å²) >= 11 is 0. The molecule has 1 N–H and O–H groups in total. The number of piperidine rings is 1. The molecule has 7 heteroatoms. The summed E-state index contributed by atoms with van der Waals surface area (Å²) in [6, 6.07) is 9.17. The number of fused-ring (bicyclic) bond motifs is 1. The summed E-state index contributed by atoms with van der Waals surface area (Å²) < 4.78 is 0. The summed E-state index contributed by atoms with van der Waals surface area (Å²) in [5.41, 5.74) is 4.91. The first-order valence-electron chi connectivity index (χ1n) is 13.4. The number of piperazine rings is 1. The van der Waals surface area contributed by atoms with Crippen molar-refractivity contribution in [2.75, 3.05) is 57.8 Å². The summed E-state index contributed by atoms with van der Waals surface area (Å²) in [5.74, 6) is 1.76. The number of likely N-dealkylation sites (tertiary alicyclic amines) is 1. The van der Waals surface area contributed by atoms with E-state index in [0.29, 0.717) is 12.0 Å². The van der Waals surface area contributed by atoms with Crippen LogP contribution >= 0.6 is 0 Å². The zero-order valence-electron chi connectivity index (χ0n) is 21.5. The highest BCUT2D eigenvalue weighted by Gasteiger charge is 2.33. The van der Waals surface area contributed by atoms with Crippen LogP contribution in [0.15, 0.2) is 30.6 Å². The number of carbonyl (C=O) groups excluding carboxylic acids is 1. The average molecular weight is 477 g/mol. The number of benzene rings is 1. The van der Waals surface area contributed by atoms with E-state index in [1.165, 1.54) is 16.8 Å². The molecule has 0 unspecified atom stereocenters. The lowest BCUT2D eigenvalue weighted by atomic mass is 9.94. The molecule has 2 fully saturated rings. The molecule has 188 valence electrons. The zero-order valence-corrected chi connectivity index (χ0v) is 21.5. The number of aromatic nitrogens is 2. The Hall–Kier alpha value is -2.51. The fourth-order valence-electron chi connectivity index (χ4n) is 6.02. The van der Waals surface area contributed by atoms with Crippen molar-refractivity contribution in [2.24, 2.45) is 0 Å². The first-order chi connectivity index (χ1) is 17.0. The van der Waals surface area contributed by atoms with Crippen molar-refractivity contribution in [1.29, 1.82) is 0 Å². The highest BCUT2D eigenvalue weighted by Crippen LogP contribution is 2.37. The number of nitrogens with one attached hydrogen (secondary N) is 1. The van der Waals surface area contributed by atoms with E-state index in [9.17, 15) is 4.79 Å². The van der Waals surface area contributed by atoms with E-state index in [1.807, 2.05) is 0 Å². The SMILES string of the molecule is CNC1CCN(C[C@@H](C(=O)N2CCN(c3ncnc4c3[C@H](C)CC4)CC2)c2ccc(C)cc2)CC1. The number of amides is 1. The lowest BCUT2D eigenvalue weighted by molar-refractivity contribution is -0.133. The standard InChI is InChI=1S/C28H40N6O/c1-20-4-7-22(8-5-20)24(18-32-12-10-23(29-3)11-13-32)28(35)34-16-14-33(15-17-34)27-26-21(2)6-9-25(26)30-19-31-27/h4-5,7-8,19,21,23-24,29H,6,9-18H2,1-3H3/t21-,24-/m1/s1. The van der Waals surface area contributed by atoms with Gasteiger partial charge in [0.1, 0.15) is 12.1 Å². The van der Waals surface area contributed by atoms with Crippen LogP contribution in [0, 0.1) is 6.92 Å². The number of anilines is 1. The summed E-state index contributed by atoms with van der Waals surface area (Å²) in [6.07, 6.45) is 6.21. The Morgan fingerprint density at radius 3 is 2.43 bits per heavy atom.